The van der Waals surface area contributed by atoms with Crippen LogP contribution in [0.25, 0.3) is 0 Å². The number of phosphoric ester groups is 1. The lowest BCUT2D eigenvalue weighted by atomic mass is 10.1. The van der Waals surface area contributed by atoms with Crippen molar-refractivity contribution in [2.45, 2.75) is 30.7 Å². The number of phosphoric acid groups is 3. The Labute approximate surface area is 178 Å². The third-order valence-corrected chi connectivity index (χ3v) is 8.50. The predicted molar refractivity (Wildman–Crippen MR) is 100 cm³/mol. The molecule has 7 N–H and O–H groups in total. The number of amidine groups is 2. The first-order valence-electron chi connectivity index (χ1n) is 8.72. The second-order valence-corrected chi connectivity index (χ2v) is 11.4. The fraction of sp³-hybridized carbons (Fsp3) is 0.727. The molecule has 180 valence electrons. The molecule has 18 nitrogen and oxygen atoms in total. The number of nitrogens with zero attached hydrogens (tertiary/aromatic N) is 4. The van der Waals surface area contributed by atoms with Crippen molar-refractivity contribution in [2.24, 2.45) is 9.98 Å². The van der Waals surface area contributed by atoms with E-state index < -0.39 is 54.6 Å². The minimum absolute atomic E-state index is 0.0336. The van der Waals surface area contributed by atoms with Crippen LogP contribution in [0, 0.1) is 5.41 Å². The van der Waals surface area contributed by atoms with Gasteiger partial charge in [-0.2, -0.15) is 8.62 Å². The van der Waals surface area contributed by atoms with Gasteiger partial charge in [0.2, 0.25) is 0 Å². The van der Waals surface area contributed by atoms with Gasteiger partial charge in [0.05, 0.1) is 13.2 Å². The van der Waals surface area contributed by atoms with Crippen molar-refractivity contribution in [3.05, 3.63) is 0 Å². The lowest BCUT2D eigenvalue weighted by Gasteiger charge is -2.29. The largest absolute Gasteiger partial charge is 0.490 e. The van der Waals surface area contributed by atoms with Gasteiger partial charge >= 0.3 is 23.5 Å². The summed E-state index contributed by atoms with van der Waals surface area (Å²) in [6.07, 6.45) is -6.05. The van der Waals surface area contributed by atoms with Crippen LogP contribution >= 0.6 is 23.5 Å². The monoisotopic (exact) mass is 521 g/mol. The summed E-state index contributed by atoms with van der Waals surface area (Å²) in [5, 5.41) is 28.6. The first kappa shape index (κ1) is 24.0. The topological polar surface area (TPSA) is 264 Å². The highest BCUT2D eigenvalue weighted by Crippen LogP contribution is 2.66. The molecule has 0 radical (unpaired) electrons. The van der Waals surface area contributed by atoms with Gasteiger partial charge in [0.15, 0.2) is 17.9 Å². The van der Waals surface area contributed by atoms with Crippen molar-refractivity contribution < 1.29 is 61.4 Å². The first-order valence-corrected chi connectivity index (χ1v) is 13.2. The van der Waals surface area contributed by atoms with Gasteiger partial charge in [-0.15, -0.1) is 0 Å². The number of rotatable bonds is 8. The van der Waals surface area contributed by atoms with Crippen LogP contribution < -0.4 is 0 Å². The van der Waals surface area contributed by atoms with Crippen molar-refractivity contribution in [1.29, 1.82) is 5.41 Å². The highest BCUT2D eigenvalue weighted by molar-refractivity contribution is 7.66. The van der Waals surface area contributed by atoms with Crippen molar-refractivity contribution in [3.63, 3.8) is 0 Å². The van der Waals surface area contributed by atoms with E-state index in [1.807, 2.05) is 0 Å². The molecule has 0 aromatic rings. The van der Waals surface area contributed by atoms with E-state index in [1.54, 1.807) is 4.90 Å². The van der Waals surface area contributed by atoms with Crippen LogP contribution in [0.1, 0.15) is 0 Å². The van der Waals surface area contributed by atoms with Gasteiger partial charge in [-0.3, -0.25) is 14.9 Å². The van der Waals surface area contributed by atoms with E-state index in [4.69, 9.17) is 24.8 Å². The third kappa shape index (κ3) is 4.88. The van der Waals surface area contributed by atoms with Crippen LogP contribution in [-0.4, -0.2) is 107 Å². The van der Waals surface area contributed by atoms with Gasteiger partial charge < -0.3 is 44.3 Å². The molecule has 0 spiro atoms. The Morgan fingerprint density at radius 2 is 1.75 bits per heavy atom. The molecule has 7 atom stereocenters. The van der Waals surface area contributed by atoms with E-state index >= 15 is 0 Å². The van der Waals surface area contributed by atoms with Crippen molar-refractivity contribution >= 4 is 40.9 Å². The fourth-order valence-electron chi connectivity index (χ4n) is 3.29. The quantitative estimate of drug-likeness (QED) is 0.129. The highest BCUT2D eigenvalue weighted by atomic mass is 31.3. The Balaban J connectivity index is 1.38. The van der Waals surface area contributed by atoms with Crippen LogP contribution in [0.4, 0.5) is 0 Å². The van der Waals surface area contributed by atoms with Gasteiger partial charge in [-0.25, -0.2) is 18.7 Å². The van der Waals surface area contributed by atoms with Crippen molar-refractivity contribution in [2.75, 3.05) is 19.8 Å². The summed E-state index contributed by atoms with van der Waals surface area (Å²) in [5.74, 6) is 0.457. The number of fused-ring (bicyclic) bond motifs is 2. The molecule has 4 aliphatic rings. The Morgan fingerprint density at radius 1 is 1.06 bits per heavy atom. The molecule has 2 saturated heterocycles. The number of nitrogens with one attached hydrogen (secondary N) is 1. The maximum atomic E-state index is 11.8. The highest BCUT2D eigenvalue weighted by Gasteiger charge is 2.53. The number of ether oxygens (including phenoxy) is 1. The molecule has 0 amide bonds. The summed E-state index contributed by atoms with van der Waals surface area (Å²) >= 11 is 0. The van der Waals surface area contributed by atoms with Crippen LogP contribution in [0.15, 0.2) is 9.98 Å². The lowest BCUT2D eigenvalue weighted by Crippen LogP contribution is -2.49. The van der Waals surface area contributed by atoms with Crippen LogP contribution in [-0.2, 0) is 31.6 Å². The molecule has 0 aliphatic carbocycles. The van der Waals surface area contributed by atoms with Crippen LogP contribution in [0.2, 0.25) is 0 Å². The molecule has 4 aliphatic heterocycles. The van der Waals surface area contributed by atoms with E-state index in [0.717, 1.165) is 0 Å². The van der Waals surface area contributed by atoms with E-state index in [2.05, 4.69) is 23.1 Å². The fourth-order valence-corrected chi connectivity index (χ4v) is 6.32. The molecule has 0 aromatic carbocycles. The molecule has 0 aromatic heterocycles. The minimum atomic E-state index is -5.69. The number of aliphatic hydroxyl groups is 2. The number of hydrogen-bond acceptors (Lipinski definition) is 13. The smallest absolute Gasteiger partial charge is 0.387 e. The van der Waals surface area contributed by atoms with Crippen LogP contribution in [0.5, 0.6) is 0 Å². The molecule has 0 bridgehead atoms. The van der Waals surface area contributed by atoms with Gasteiger partial charge in [-0.1, -0.05) is 0 Å². The second-order valence-electron chi connectivity index (χ2n) is 6.99. The number of aliphatic imine (C=N–C) groups is 2. The van der Waals surface area contributed by atoms with E-state index in [-0.39, 0.29) is 18.7 Å². The van der Waals surface area contributed by atoms with Gasteiger partial charge in [0.25, 0.3) is 0 Å². The summed E-state index contributed by atoms with van der Waals surface area (Å²) in [5.41, 5.74) is 0.292. The minimum Gasteiger partial charge on any atom is -0.387 e. The van der Waals surface area contributed by atoms with Gasteiger partial charge in [0.1, 0.15) is 36.9 Å². The van der Waals surface area contributed by atoms with E-state index in [9.17, 15) is 28.8 Å². The molecule has 21 heteroatoms. The van der Waals surface area contributed by atoms with Crippen molar-refractivity contribution in [1.82, 2.24) is 9.80 Å². The SMILES string of the molecule is N=C1C2=NCN([C@@H]3O[C@H](COP(=O)(O)OP(=O)(O)OP(=O)(O)O)[C@@H](O)[C@H]3O)C2=N[C@@H]2CN12. The molecular weight excluding hydrogens is 503 g/mol. The van der Waals surface area contributed by atoms with Crippen molar-refractivity contribution in [3.8, 4) is 0 Å². The Bertz CT molecular complexity index is 1030. The summed E-state index contributed by atoms with van der Waals surface area (Å²) in [7, 11) is -16.7. The van der Waals surface area contributed by atoms with Gasteiger partial charge in [-0.05, 0) is 0 Å². The average Bonchev–Trinajstić information content (AvgIpc) is 3.20. The Kier molecular flexibility index (Phi) is 6.00. The molecule has 32 heavy (non-hydrogen) atoms. The summed E-state index contributed by atoms with van der Waals surface area (Å²) in [6.45, 7) is -0.415. The molecule has 2 fully saturated rings. The first-order chi connectivity index (χ1) is 14.7. The summed E-state index contributed by atoms with van der Waals surface area (Å²) in [6, 6.07) is 0. The standard InChI is InChI=1S/C11H18N5O13P3/c12-9-6-10(14-5-1-15(5)9)16(3-13-6)11-8(18)7(17)4(27-11)2-26-31(22,23)29-32(24,25)28-30(19,20)21/h4-5,7-8,11-12,17-18H,1-3H2,(H,22,23)(H,24,25)(H2,19,20,21)/t4-,5+,7-,8-,11-,15?/m1/s1. The summed E-state index contributed by atoms with van der Waals surface area (Å²) in [4.78, 5) is 47.4. The zero-order valence-electron chi connectivity index (χ0n) is 15.7. The van der Waals surface area contributed by atoms with E-state index in [0.29, 0.717) is 18.1 Å². The number of aliphatic hydroxyl groups excluding tert-OH is 2. The van der Waals surface area contributed by atoms with E-state index in [1.165, 1.54) is 4.90 Å². The number of hydrogen-bond donors (Lipinski definition) is 7. The zero-order chi connectivity index (χ0) is 23.6. The average molecular weight is 521 g/mol. The van der Waals surface area contributed by atoms with Crippen LogP contribution in [0.3, 0.4) is 0 Å². The Hall–Kier alpha value is -1.10. The molecule has 2 unspecified atom stereocenters. The molecule has 4 heterocycles. The normalized spacial score (nSPS) is 35.6. The second kappa shape index (κ2) is 7.99. The molecule has 4 rings (SSSR count). The maximum absolute atomic E-state index is 11.8. The maximum Gasteiger partial charge on any atom is 0.490 e. The predicted octanol–water partition coefficient (Wildman–Crippen LogP) is -2.48. The Morgan fingerprint density at radius 3 is 2.41 bits per heavy atom. The summed E-state index contributed by atoms with van der Waals surface area (Å²) < 4.78 is 51.0. The zero-order valence-corrected chi connectivity index (χ0v) is 18.4. The van der Waals surface area contributed by atoms with Gasteiger partial charge in [0, 0.05) is 0 Å². The third-order valence-electron chi connectivity index (χ3n) is 4.70. The molecular formula is C11H18N5O13P3. The molecule has 0 saturated carbocycles. The lowest BCUT2D eigenvalue weighted by molar-refractivity contribution is -0.0681.